The van der Waals surface area contributed by atoms with Crippen LogP contribution in [0.2, 0.25) is 0 Å². The Morgan fingerprint density at radius 2 is 1.64 bits per heavy atom. The van der Waals surface area contributed by atoms with E-state index in [4.69, 9.17) is 24.1 Å². The molecule has 1 aromatic heterocycles. The number of nitrogens with zero attached hydrogens (tertiary/aromatic N) is 1. The monoisotopic (exact) mass is 618 g/mol. The Balaban J connectivity index is 1.69. The number of amides is 1. The van der Waals surface area contributed by atoms with Crippen molar-refractivity contribution in [3.63, 3.8) is 0 Å². The topological polar surface area (TPSA) is 99.1 Å². The van der Waals surface area contributed by atoms with Crippen molar-refractivity contribution in [2.45, 2.75) is 57.9 Å². The number of hydrogen-bond acceptors (Lipinski definition) is 7. The Hall–Kier alpha value is -3.67. The lowest BCUT2D eigenvalue weighted by Crippen LogP contribution is -2.51. The first-order chi connectivity index (χ1) is 20.9. The molecule has 11 heteroatoms. The highest BCUT2D eigenvalue weighted by Crippen LogP contribution is 2.31. The number of aliphatic hydroxyl groups is 1. The fourth-order valence-corrected chi connectivity index (χ4v) is 4.40. The lowest BCUT2D eigenvalue weighted by Gasteiger charge is -2.31. The van der Waals surface area contributed by atoms with E-state index >= 15 is 0 Å². The predicted molar refractivity (Wildman–Crippen MR) is 160 cm³/mol. The number of pyridine rings is 1. The maximum atomic E-state index is 13.4. The van der Waals surface area contributed by atoms with Crippen LogP contribution in [0.3, 0.4) is 0 Å². The molecular formula is C33H41F3N2O6. The summed E-state index contributed by atoms with van der Waals surface area (Å²) in [5.74, 6) is -0.0149. The fraction of sp³-hybridized carbons (Fsp3) is 0.455. The molecule has 3 rings (SSSR count). The Bertz CT molecular complexity index is 1300. The molecule has 0 saturated carbocycles. The SMILES string of the molecule is Cc1ccc(CC(c2cccc(OCCOCCOCCO)c2)C(C)NC(=O)C(C)(C)Oc2ccc(C(F)(F)F)cn2)cc1. The maximum absolute atomic E-state index is 13.4. The molecule has 0 aliphatic carbocycles. The molecule has 0 spiro atoms. The Labute approximate surface area is 256 Å². The van der Waals surface area contributed by atoms with Gasteiger partial charge in [-0.15, -0.1) is 0 Å². The Morgan fingerprint density at radius 3 is 2.27 bits per heavy atom. The number of aliphatic hydroxyl groups excluding tert-OH is 1. The van der Waals surface area contributed by atoms with Crippen molar-refractivity contribution in [2.75, 3.05) is 39.6 Å². The van der Waals surface area contributed by atoms with Crippen molar-refractivity contribution in [2.24, 2.45) is 0 Å². The standard InChI is InChI=1S/C33H41F3N2O6/c1-23-8-10-25(11-9-23)20-29(26-6-5-7-28(21-26)43-19-18-42-17-16-41-15-14-39)24(2)38-31(40)32(3,4)44-30-13-12-27(22-37-30)33(34,35)36/h5-13,21-22,24,29,39H,14-20H2,1-4H3,(H,38,40). The van der Waals surface area contributed by atoms with Gasteiger partial charge in [-0.3, -0.25) is 4.79 Å². The van der Waals surface area contributed by atoms with Gasteiger partial charge in [-0.2, -0.15) is 13.2 Å². The van der Waals surface area contributed by atoms with E-state index in [2.05, 4.69) is 22.4 Å². The van der Waals surface area contributed by atoms with E-state index < -0.39 is 23.2 Å². The van der Waals surface area contributed by atoms with E-state index in [1.54, 1.807) is 13.8 Å². The molecule has 1 heterocycles. The number of benzene rings is 2. The third kappa shape index (κ3) is 11.1. The van der Waals surface area contributed by atoms with Gasteiger partial charge in [0, 0.05) is 24.2 Å². The molecule has 2 unspecified atom stereocenters. The normalized spacial score (nSPS) is 13.3. The van der Waals surface area contributed by atoms with Gasteiger partial charge in [0.25, 0.3) is 5.91 Å². The molecule has 8 nitrogen and oxygen atoms in total. The molecule has 0 aliphatic heterocycles. The summed E-state index contributed by atoms with van der Waals surface area (Å²) in [5.41, 5.74) is 0.873. The smallest absolute Gasteiger partial charge is 0.417 e. The number of hydrogen-bond donors (Lipinski definition) is 2. The summed E-state index contributed by atoms with van der Waals surface area (Å²) in [7, 11) is 0. The number of aromatic nitrogens is 1. The van der Waals surface area contributed by atoms with Gasteiger partial charge in [-0.25, -0.2) is 4.98 Å². The first kappa shape index (κ1) is 34.8. The van der Waals surface area contributed by atoms with Crippen molar-refractivity contribution in [1.82, 2.24) is 10.3 Å². The largest absolute Gasteiger partial charge is 0.491 e. The van der Waals surface area contributed by atoms with Crippen molar-refractivity contribution < 1.29 is 42.0 Å². The van der Waals surface area contributed by atoms with Crippen LogP contribution in [-0.4, -0.2) is 67.3 Å². The van der Waals surface area contributed by atoms with Gasteiger partial charge in [0.1, 0.15) is 12.4 Å². The van der Waals surface area contributed by atoms with Gasteiger partial charge >= 0.3 is 6.18 Å². The lowest BCUT2D eigenvalue weighted by atomic mass is 9.86. The third-order valence-electron chi connectivity index (χ3n) is 6.90. The maximum Gasteiger partial charge on any atom is 0.417 e. The number of halogens is 3. The summed E-state index contributed by atoms with van der Waals surface area (Å²) in [4.78, 5) is 17.1. The highest BCUT2D eigenvalue weighted by molar-refractivity contribution is 5.85. The Kier molecular flexibility index (Phi) is 13.0. The van der Waals surface area contributed by atoms with Crippen LogP contribution in [0.5, 0.6) is 11.6 Å². The zero-order valence-corrected chi connectivity index (χ0v) is 25.5. The van der Waals surface area contributed by atoms with Gasteiger partial charge < -0.3 is 29.4 Å². The average Bonchev–Trinajstić information content (AvgIpc) is 2.98. The number of alkyl halides is 3. The second-order valence-electron chi connectivity index (χ2n) is 10.9. The molecule has 0 saturated heterocycles. The van der Waals surface area contributed by atoms with E-state index in [1.165, 1.54) is 0 Å². The van der Waals surface area contributed by atoms with Crippen molar-refractivity contribution in [1.29, 1.82) is 0 Å². The average molecular weight is 619 g/mol. The number of aryl methyl sites for hydroxylation is 1. The molecule has 1 amide bonds. The number of nitrogens with one attached hydrogen (secondary N) is 1. The predicted octanol–water partition coefficient (Wildman–Crippen LogP) is 5.50. The van der Waals surface area contributed by atoms with Crippen molar-refractivity contribution in [3.8, 4) is 11.6 Å². The molecule has 0 bridgehead atoms. The van der Waals surface area contributed by atoms with Crippen LogP contribution < -0.4 is 14.8 Å². The minimum absolute atomic E-state index is 0.0294. The molecule has 0 aliphatic rings. The van der Waals surface area contributed by atoms with E-state index in [0.29, 0.717) is 44.8 Å². The molecule has 2 atom stereocenters. The molecule has 44 heavy (non-hydrogen) atoms. The van der Waals surface area contributed by atoms with Gasteiger partial charge in [0.15, 0.2) is 5.60 Å². The molecule has 0 fully saturated rings. The van der Waals surface area contributed by atoms with Gasteiger partial charge in [-0.05, 0) is 63.4 Å². The Morgan fingerprint density at radius 1 is 0.955 bits per heavy atom. The molecule has 3 aromatic rings. The molecular weight excluding hydrogens is 577 g/mol. The molecule has 0 radical (unpaired) electrons. The van der Waals surface area contributed by atoms with Crippen LogP contribution in [0.1, 0.15) is 48.9 Å². The zero-order valence-electron chi connectivity index (χ0n) is 25.5. The number of carbonyl (C=O) groups excluding carboxylic acids is 1. The summed E-state index contributed by atoms with van der Waals surface area (Å²) >= 11 is 0. The van der Waals surface area contributed by atoms with E-state index in [1.807, 2.05) is 50.2 Å². The molecule has 2 N–H and O–H groups in total. The summed E-state index contributed by atoms with van der Waals surface area (Å²) in [6, 6.07) is 17.5. The molecule has 2 aromatic carbocycles. The van der Waals surface area contributed by atoms with Gasteiger partial charge in [0.05, 0.1) is 38.6 Å². The number of ether oxygens (including phenoxy) is 4. The van der Waals surface area contributed by atoms with Crippen LogP contribution in [0.15, 0.2) is 66.9 Å². The van der Waals surface area contributed by atoms with Gasteiger partial charge in [0.2, 0.25) is 5.88 Å². The van der Waals surface area contributed by atoms with Crippen molar-refractivity contribution in [3.05, 3.63) is 89.1 Å². The zero-order chi connectivity index (χ0) is 32.2. The van der Waals surface area contributed by atoms with E-state index in [0.717, 1.165) is 28.8 Å². The fourth-order valence-electron chi connectivity index (χ4n) is 4.40. The van der Waals surface area contributed by atoms with E-state index in [-0.39, 0.29) is 31.1 Å². The molecule has 240 valence electrons. The highest BCUT2D eigenvalue weighted by atomic mass is 19.4. The first-order valence-electron chi connectivity index (χ1n) is 14.5. The summed E-state index contributed by atoms with van der Waals surface area (Å²) in [6.07, 6.45) is -3.21. The number of carbonyl (C=O) groups is 1. The first-order valence-corrected chi connectivity index (χ1v) is 14.5. The van der Waals surface area contributed by atoms with Crippen molar-refractivity contribution >= 4 is 5.91 Å². The van der Waals surface area contributed by atoms with Crippen LogP contribution in [0.25, 0.3) is 0 Å². The summed E-state index contributed by atoms with van der Waals surface area (Å²) in [5, 5.41) is 11.8. The second-order valence-corrected chi connectivity index (χ2v) is 10.9. The summed E-state index contributed by atoms with van der Waals surface area (Å²) < 4.78 is 61.0. The highest BCUT2D eigenvalue weighted by Gasteiger charge is 2.34. The number of rotatable bonds is 17. The van der Waals surface area contributed by atoms with Crippen LogP contribution in [-0.2, 0) is 26.9 Å². The van der Waals surface area contributed by atoms with Gasteiger partial charge in [-0.1, -0.05) is 42.0 Å². The minimum Gasteiger partial charge on any atom is -0.491 e. The second kappa shape index (κ2) is 16.4. The van der Waals surface area contributed by atoms with Crippen LogP contribution >= 0.6 is 0 Å². The lowest BCUT2D eigenvalue weighted by molar-refractivity contribution is -0.138. The minimum atomic E-state index is -4.52. The third-order valence-corrected chi connectivity index (χ3v) is 6.90. The van der Waals surface area contributed by atoms with Crippen LogP contribution in [0, 0.1) is 6.92 Å². The summed E-state index contributed by atoms with van der Waals surface area (Å²) in [6.45, 7) is 8.74. The van der Waals surface area contributed by atoms with E-state index in [9.17, 15) is 18.0 Å². The quantitative estimate of drug-likeness (QED) is 0.193. The van der Waals surface area contributed by atoms with Crippen LogP contribution in [0.4, 0.5) is 13.2 Å².